The number of nitrogens with one attached hydrogen (secondary N) is 1. The van der Waals surface area contributed by atoms with Gasteiger partial charge in [0.15, 0.2) is 11.5 Å². The summed E-state index contributed by atoms with van der Waals surface area (Å²) in [7, 11) is -1.03. The van der Waals surface area contributed by atoms with E-state index in [1.165, 1.54) is 48.9 Å². The highest BCUT2D eigenvalue weighted by Gasteiger charge is 2.25. The Bertz CT molecular complexity index is 1090. The fourth-order valence-corrected chi connectivity index (χ4v) is 4.78. The minimum Gasteiger partial charge on any atom is -0.493 e. The summed E-state index contributed by atoms with van der Waals surface area (Å²) in [5, 5.41) is 12.0. The monoisotopic (exact) mass is 450 g/mol. The zero-order valence-electron chi connectivity index (χ0n) is 18.1. The van der Waals surface area contributed by atoms with Crippen LogP contribution in [0.25, 0.3) is 0 Å². The Morgan fingerprint density at radius 2 is 1.61 bits per heavy atom. The van der Waals surface area contributed by atoms with Crippen LogP contribution in [0.15, 0.2) is 35.2 Å². The van der Waals surface area contributed by atoms with Crippen molar-refractivity contribution in [3.8, 4) is 11.5 Å². The number of carbonyl (C=O) groups excluding carboxylic acids is 1. The lowest BCUT2D eigenvalue weighted by Gasteiger charge is -2.20. The summed E-state index contributed by atoms with van der Waals surface area (Å²) in [6.45, 7) is 5.70. The van der Waals surface area contributed by atoms with Crippen molar-refractivity contribution >= 4 is 27.6 Å². The summed E-state index contributed by atoms with van der Waals surface area (Å²) in [5.41, 5.74) is 0.362. The lowest BCUT2D eigenvalue weighted by Crippen LogP contribution is -2.31. The quantitative estimate of drug-likeness (QED) is 0.602. The van der Waals surface area contributed by atoms with Crippen LogP contribution >= 0.6 is 0 Å². The molecular formula is C21H26N2O7S. The first-order chi connectivity index (χ1) is 14.6. The number of nitrogens with zero attached hydrogens (tertiary/aromatic N) is 1. The van der Waals surface area contributed by atoms with Crippen LogP contribution < -0.4 is 14.8 Å². The molecule has 0 unspecified atom stereocenters. The Labute approximate surface area is 181 Å². The van der Waals surface area contributed by atoms with Gasteiger partial charge in [0.1, 0.15) is 0 Å². The van der Waals surface area contributed by atoms with E-state index >= 15 is 0 Å². The number of carboxylic acids is 1. The Morgan fingerprint density at radius 1 is 1.03 bits per heavy atom. The number of carboxylic acid groups (broad SMARTS) is 1. The number of carbonyl (C=O) groups is 2. The maximum absolute atomic E-state index is 12.9. The molecule has 0 spiro atoms. The van der Waals surface area contributed by atoms with Crippen LogP contribution in [0.4, 0.5) is 5.69 Å². The van der Waals surface area contributed by atoms with Gasteiger partial charge < -0.3 is 19.9 Å². The Kier molecular flexibility index (Phi) is 7.64. The van der Waals surface area contributed by atoms with E-state index in [0.717, 1.165) is 0 Å². The number of rotatable bonds is 9. The zero-order chi connectivity index (χ0) is 23.3. The van der Waals surface area contributed by atoms with Gasteiger partial charge in [-0.3, -0.25) is 4.79 Å². The van der Waals surface area contributed by atoms with Gasteiger partial charge in [-0.05, 0) is 24.6 Å². The topological polar surface area (TPSA) is 122 Å². The van der Waals surface area contributed by atoms with Crippen LogP contribution in [0.2, 0.25) is 0 Å². The van der Waals surface area contributed by atoms with E-state index in [9.17, 15) is 23.1 Å². The molecule has 2 aromatic carbocycles. The summed E-state index contributed by atoms with van der Waals surface area (Å²) < 4.78 is 37.4. The number of hydrogen-bond donors (Lipinski definition) is 2. The van der Waals surface area contributed by atoms with Crippen molar-refractivity contribution in [2.75, 3.05) is 32.6 Å². The first-order valence-electron chi connectivity index (χ1n) is 9.52. The number of amides is 1. The lowest BCUT2D eigenvalue weighted by atomic mass is 10.1. The molecule has 0 atom stereocenters. The van der Waals surface area contributed by atoms with E-state index in [1.54, 1.807) is 20.8 Å². The van der Waals surface area contributed by atoms with Gasteiger partial charge in [0, 0.05) is 30.8 Å². The van der Waals surface area contributed by atoms with Gasteiger partial charge in [-0.15, -0.1) is 0 Å². The van der Waals surface area contributed by atoms with E-state index < -0.39 is 21.9 Å². The Morgan fingerprint density at radius 3 is 2.13 bits per heavy atom. The highest BCUT2D eigenvalue weighted by molar-refractivity contribution is 7.89. The van der Waals surface area contributed by atoms with E-state index in [4.69, 9.17) is 9.47 Å². The third kappa shape index (κ3) is 4.97. The molecule has 0 saturated heterocycles. The average molecular weight is 451 g/mol. The van der Waals surface area contributed by atoms with Gasteiger partial charge in [-0.25, -0.2) is 13.2 Å². The normalized spacial score (nSPS) is 11.3. The molecule has 0 fully saturated rings. The molecule has 2 N–H and O–H groups in total. The molecule has 0 heterocycles. The van der Waals surface area contributed by atoms with Gasteiger partial charge in [0.25, 0.3) is 5.91 Å². The first kappa shape index (κ1) is 24.2. The van der Waals surface area contributed by atoms with E-state index in [1.807, 2.05) is 0 Å². The maximum Gasteiger partial charge on any atom is 0.337 e. The highest BCUT2D eigenvalue weighted by atomic mass is 32.2. The fraction of sp³-hybridized carbons (Fsp3) is 0.333. The van der Waals surface area contributed by atoms with Crippen molar-refractivity contribution in [1.29, 1.82) is 0 Å². The molecule has 168 valence electrons. The second kappa shape index (κ2) is 9.80. The number of hydrogen-bond acceptors (Lipinski definition) is 6. The smallest absolute Gasteiger partial charge is 0.337 e. The number of methoxy groups -OCH3 is 2. The van der Waals surface area contributed by atoms with Gasteiger partial charge in [-0.1, -0.05) is 19.9 Å². The Balaban J connectivity index is 2.49. The van der Waals surface area contributed by atoms with Crippen molar-refractivity contribution in [2.45, 2.75) is 25.7 Å². The number of aryl methyl sites for hydroxylation is 1. The third-order valence-electron chi connectivity index (χ3n) is 4.78. The van der Waals surface area contributed by atoms with Crippen molar-refractivity contribution < 1.29 is 32.6 Å². The largest absolute Gasteiger partial charge is 0.493 e. The molecule has 0 saturated carbocycles. The zero-order valence-corrected chi connectivity index (χ0v) is 18.9. The van der Waals surface area contributed by atoms with E-state index in [2.05, 4.69) is 5.32 Å². The minimum absolute atomic E-state index is 0.0103. The molecule has 9 nitrogen and oxygen atoms in total. The molecule has 10 heteroatoms. The molecule has 2 aromatic rings. The molecule has 0 aliphatic heterocycles. The number of ether oxygens (including phenoxy) is 2. The van der Waals surface area contributed by atoms with E-state index in [0.29, 0.717) is 18.7 Å². The molecule has 0 aromatic heterocycles. The molecule has 0 bridgehead atoms. The summed E-state index contributed by atoms with van der Waals surface area (Å²) in [6.07, 6.45) is 0. The third-order valence-corrected chi connectivity index (χ3v) is 6.97. The second-order valence-electron chi connectivity index (χ2n) is 6.58. The van der Waals surface area contributed by atoms with Crippen molar-refractivity contribution in [1.82, 2.24) is 4.31 Å². The lowest BCUT2D eigenvalue weighted by molar-refractivity contribution is 0.0697. The van der Waals surface area contributed by atoms with Crippen LogP contribution in [0.1, 0.15) is 40.1 Å². The maximum atomic E-state index is 12.9. The molecular weight excluding hydrogens is 424 g/mol. The van der Waals surface area contributed by atoms with Crippen molar-refractivity contribution in [3.05, 3.63) is 47.0 Å². The highest BCUT2D eigenvalue weighted by Crippen LogP contribution is 2.34. The van der Waals surface area contributed by atoms with Crippen LogP contribution in [0, 0.1) is 6.92 Å². The van der Waals surface area contributed by atoms with Gasteiger partial charge in [-0.2, -0.15) is 4.31 Å². The van der Waals surface area contributed by atoms with Crippen LogP contribution in [-0.2, 0) is 10.0 Å². The van der Waals surface area contributed by atoms with Gasteiger partial charge in [0.05, 0.1) is 30.4 Å². The predicted octanol–water partition coefficient (Wildman–Crippen LogP) is 2.99. The number of anilines is 1. The van der Waals surface area contributed by atoms with Gasteiger partial charge in [0.2, 0.25) is 10.0 Å². The van der Waals surface area contributed by atoms with Crippen molar-refractivity contribution in [3.63, 3.8) is 0 Å². The number of aromatic carboxylic acids is 1. The fourth-order valence-electron chi connectivity index (χ4n) is 3.08. The summed E-state index contributed by atoms with van der Waals surface area (Å²) in [4.78, 5) is 24.5. The molecule has 0 radical (unpaired) electrons. The minimum atomic E-state index is -3.78. The van der Waals surface area contributed by atoms with Crippen LogP contribution in [0.3, 0.4) is 0 Å². The average Bonchev–Trinajstić information content (AvgIpc) is 2.73. The SMILES string of the molecule is CCN(CC)S(=O)(=O)c1cc(C(=O)Nc2cc(OC)c(OC)cc2C(=O)O)ccc1C. The summed E-state index contributed by atoms with van der Waals surface area (Å²) >= 11 is 0. The second-order valence-corrected chi connectivity index (χ2v) is 8.49. The van der Waals surface area contributed by atoms with E-state index in [-0.39, 0.29) is 33.2 Å². The van der Waals surface area contributed by atoms with Crippen molar-refractivity contribution in [2.24, 2.45) is 0 Å². The molecule has 0 aliphatic carbocycles. The standard InChI is InChI=1S/C21H26N2O7S/c1-6-23(7-2)31(27,28)19-10-14(9-8-13(19)3)20(24)22-16-12-18(30-5)17(29-4)11-15(16)21(25)26/h8-12H,6-7H2,1-5H3,(H,22,24)(H,25,26). The number of sulfonamides is 1. The molecule has 0 aliphatic rings. The molecule has 1 amide bonds. The Hall–Kier alpha value is -3.11. The predicted molar refractivity (Wildman–Crippen MR) is 116 cm³/mol. The van der Waals surface area contributed by atoms with Crippen LogP contribution in [-0.4, -0.2) is 57.0 Å². The molecule has 31 heavy (non-hydrogen) atoms. The summed E-state index contributed by atoms with van der Waals surface area (Å²) in [5.74, 6) is -1.51. The summed E-state index contributed by atoms with van der Waals surface area (Å²) in [6, 6.07) is 6.88. The van der Waals surface area contributed by atoms with Gasteiger partial charge >= 0.3 is 5.97 Å². The first-order valence-corrected chi connectivity index (χ1v) is 11.0. The number of benzene rings is 2. The molecule has 2 rings (SSSR count). The van der Waals surface area contributed by atoms with Crippen LogP contribution in [0.5, 0.6) is 11.5 Å².